The van der Waals surface area contributed by atoms with Crippen LogP contribution in [-0.2, 0) is 16.4 Å². The van der Waals surface area contributed by atoms with Crippen LogP contribution in [0.15, 0.2) is 30.6 Å². The molecule has 5 rings (SSSR count). The molecule has 0 N–H and O–H groups in total. The minimum absolute atomic E-state index is 0.0289. The Bertz CT molecular complexity index is 1140. The van der Waals surface area contributed by atoms with Gasteiger partial charge in [-0.05, 0) is 32.4 Å². The van der Waals surface area contributed by atoms with Crippen LogP contribution in [0, 0.1) is 13.8 Å². The molecular formula is C21H28N6O2S. The molecule has 2 saturated heterocycles. The highest BCUT2D eigenvalue weighted by molar-refractivity contribution is 7.91. The summed E-state index contributed by atoms with van der Waals surface area (Å²) >= 11 is 0. The number of fused-ring (bicyclic) bond motifs is 1. The van der Waals surface area contributed by atoms with Gasteiger partial charge in [-0.1, -0.05) is 6.07 Å². The van der Waals surface area contributed by atoms with E-state index in [1.807, 2.05) is 36.0 Å². The number of aromatic nitrogens is 4. The van der Waals surface area contributed by atoms with Crippen molar-refractivity contribution in [3.8, 4) is 0 Å². The van der Waals surface area contributed by atoms with Crippen molar-refractivity contribution in [3.63, 3.8) is 0 Å². The Morgan fingerprint density at radius 2 is 1.93 bits per heavy atom. The fourth-order valence-electron chi connectivity index (χ4n) is 4.86. The molecule has 0 amide bonds. The Kier molecular flexibility index (Phi) is 4.82. The number of hydrogen-bond donors (Lipinski definition) is 0. The second kappa shape index (κ2) is 7.39. The Hall–Kier alpha value is -2.39. The number of imidazole rings is 1. The first kappa shape index (κ1) is 19.6. The Labute approximate surface area is 177 Å². The third kappa shape index (κ3) is 3.60. The van der Waals surface area contributed by atoms with Gasteiger partial charge in [-0.3, -0.25) is 9.58 Å². The van der Waals surface area contributed by atoms with Gasteiger partial charge in [0.05, 0.1) is 40.3 Å². The molecule has 0 aromatic carbocycles. The van der Waals surface area contributed by atoms with Gasteiger partial charge in [-0.2, -0.15) is 5.10 Å². The van der Waals surface area contributed by atoms with Crippen LogP contribution in [0.2, 0.25) is 0 Å². The third-order valence-corrected chi connectivity index (χ3v) is 8.08. The number of piperazine rings is 1. The Morgan fingerprint density at radius 1 is 1.13 bits per heavy atom. The van der Waals surface area contributed by atoms with Crippen LogP contribution in [0.25, 0.3) is 5.65 Å². The monoisotopic (exact) mass is 428 g/mol. The molecule has 9 heteroatoms. The molecule has 0 saturated carbocycles. The van der Waals surface area contributed by atoms with Crippen LogP contribution in [-0.4, -0.2) is 70.2 Å². The summed E-state index contributed by atoms with van der Waals surface area (Å²) < 4.78 is 27.8. The van der Waals surface area contributed by atoms with Crippen molar-refractivity contribution in [2.24, 2.45) is 0 Å². The molecule has 8 nitrogen and oxygen atoms in total. The number of aryl methyl sites for hydroxylation is 1. The van der Waals surface area contributed by atoms with Gasteiger partial charge in [-0.15, -0.1) is 0 Å². The molecule has 3 aromatic rings. The normalized spacial score (nSPS) is 22.2. The number of rotatable bonds is 4. The molecule has 0 radical (unpaired) electrons. The van der Waals surface area contributed by atoms with E-state index in [0.29, 0.717) is 6.42 Å². The topological polar surface area (TPSA) is 75.7 Å². The maximum atomic E-state index is 11.9. The number of sulfone groups is 1. The summed E-state index contributed by atoms with van der Waals surface area (Å²) in [6.45, 7) is 8.76. The van der Waals surface area contributed by atoms with E-state index >= 15 is 0 Å². The lowest BCUT2D eigenvalue weighted by Crippen LogP contribution is -2.46. The summed E-state index contributed by atoms with van der Waals surface area (Å²) in [6, 6.07) is 6.03. The number of nitrogens with zero attached hydrogens (tertiary/aromatic N) is 6. The highest BCUT2D eigenvalue weighted by atomic mass is 32.2. The molecule has 0 bridgehead atoms. The van der Waals surface area contributed by atoms with Gasteiger partial charge in [0.15, 0.2) is 9.84 Å². The maximum absolute atomic E-state index is 11.9. The molecule has 2 aliphatic heterocycles. The van der Waals surface area contributed by atoms with Gasteiger partial charge in [0, 0.05) is 45.1 Å². The van der Waals surface area contributed by atoms with Crippen LogP contribution in [0.3, 0.4) is 0 Å². The van der Waals surface area contributed by atoms with E-state index in [1.54, 1.807) is 0 Å². The predicted molar refractivity (Wildman–Crippen MR) is 117 cm³/mol. The largest absolute Gasteiger partial charge is 0.366 e. The first-order valence-corrected chi connectivity index (χ1v) is 12.4. The van der Waals surface area contributed by atoms with E-state index in [9.17, 15) is 8.42 Å². The standard InChI is InChI=1S/C21H28N6O2S/c1-16-21(17(2)27(23-16)19-6-12-30(28,29)15-19)25-10-8-24(9-11-25)13-18-14-26-7-4-3-5-20(26)22-18/h3-5,7,14,19H,6,8-13,15H2,1-2H3. The van der Waals surface area contributed by atoms with Crippen molar-refractivity contribution in [2.75, 3.05) is 42.6 Å². The summed E-state index contributed by atoms with van der Waals surface area (Å²) in [4.78, 5) is 9.56. The third-order valence-electron chi connectivity index (χ3n) is 6.33. The number of anilines is 1. The van der Waals surface area contributed by atoms with Crippen LogP contribution in [0.1, 0.15) is 29.5 Å². The second-order valence-corrected chi connectivity index (χ2v) is 10.7. The van der Waals surface area contributed by atoms with Crippen molar-refractivity contribution in [2.45, 2.75) is 32.9 Å². The summed E-state index contributed by atoms with van der Waals surface area (Å²) in [5, 5.41) is 4.73. The van der Waals surface area contributed by atoms with Gasteiger partial charge in [-0.25, -0.2) is 13.4 Å². The highest BCUT2D eigenvalue weighted by Gasteiger charge is 2.32. The fraction of sp³-hybridized carbons (Fsp3) is 0.524. The quantitative estimate of drug-likeness (QED) is 0.631. The second-order valence-electron chi connectivity index (χ2n) is 8.48. The summed E-state index contributed by atoms with van der Waals surface area (Å²) in [7, 11) is -2.92. The smallest absolute Gasteiger partial charge is 0.152 e. The van der Waals surface area contributed by atoms with Crippen molar-refractivity contribution < 1.29 is 8.42 Å². The summed E-state index contributed by atoms with van der Waals surface area (Å²) in [5.41, 5.74) is 5.33. The number of hydrogen-bond acceptors (Lipinski definition) is 6. The van der Waals surface area contributed by atoms with Crippen molar-refractivity contribution in [1.82, 2.24) is 24.1 Å². The lowest BCUT2D eigenvalue weighted by Gasteiger charge is -2.36. The molecule has 0 aliphatic carbocycles. The molecule has 5 heterocycles. The minimum Gasteiger partial charge on any atom is -0.366 e. The zero-order valence-corrected chi connectivity index (χ0v) is 18.3. The van der Waals surface area contributed by atoms with E-state index in [1.165, 1.54) is 5.69 Å². The maximum Gasteiger partial charge on any atom is 0.152 e. The van der Waals surface area contributed by atoms with Gasteiger partial charge >= 0.3 is 0 Å². The molecule has 3 aromatic heterocycles. The zero-order valence-electron chi connectivity index (χ0n) is 17.5. The van der Waals surface area contributed by atoms with Crippen LogP contribution < -0.4 is 4.90 Å². The van der Waals surface area contributed by atoms with E-state index in [-0.39, 0.29) is 17.5 Å². The van der Waals surface area contributed by atoms with Crippen molar-refractivity contribution in [1.29, 1.82) is 0 Å². The Balaban J connectivity index is 1.26. The number of pyridine rings is 1. The average molecular weight is 429 g/mol. The van der Waals surface area contributed by atoms with E-state index < -0.39 is 9.84 Å². The first-order chi connectivity index (χ1) is 14.4. The molecular weight excluding hydrogens is 400 g/mol. The molecule has 1 atom stereocenters. The lowest BCUT2D eigenvalue weighted by atomic mass is 10.2. The van der Waals surface area contributed by atoms with Gasteiger partial charge in [0.25, 0.3) is 0 Å². The van der Waals surface area contributed by atoms with Crippen LogP contribution in [0.5, 0.6) is 0 Å². The zero-order chi connectivity index (χ0) is 20.9. The minimum atomic E-state index is -2.92. The molecule has 160 valence electrons. The molecule has 2 aliphatic rings. The van der Waals surface area contributed by atoms with E-state index in [2.05, 4.69) is 27.3 Å². The SMILES string of the molecule is Cc1nn(C2CCS(=O)(=O)C2)c(C)c1N1CCN(Cc2cn3ccccc3n2)CC1. The summed E-state index contributed by atoms with van der Waals surface area (Å²) in [5.74, 6) is 0.480. The highest BCUT2D eigenvalue weighted by Crippen LogP contribution is 2.31. The fourth-order valence-corrected chi connectivity index (χ4v) is 6.55. The van der Waals surface area contributed by atoms with Crippen LogP contribution >= 0.6 is 0 Å². The lowest BCUT2D eigenvalue weighted by molar-refractivity contribution is 0.247. The molecule has 2 fully saturated rings. The summed E-state index contributed by atoms with van der Waals surface area (Å²) in [6.07, 6.45) is 4.80. The van der Waals surface area contributed by atoms with Gasteiger partial charge < -0.3 is 9.30 Å². The predicted octanol–water partition coefficient (Wildman–Crippen LogP) is 1.83. The Morgan fingerprint density at radius 3 is 2.63 bits per heavy atom. The van der Waals surface area contributed by atoms with Crippen LogP contribution in [0.4, 0.5) is 5.69 Å². The molecule has 0 spiro atoms. The van der Waals surface area contributed by atoms with E-state index in [4.69, 9.17) is 10.1 Å². The molecule has 30 heavy (non-hydrogen) atoms. The van der Waals surface area contributed by atoms with E-state index in [0.717, 1.165) is 55.5 Å². The first-order valence-electron chi connectivity index (χ1n) is 10.6. The average Bonchev–Trinajstić information content (AvgIpc) is 3.37. The van der Waals surface area contributed by atoms with Crippen molar-refractivity contribution in [3.05, 3.63) is 47.7 Å². The molecule has 1 unspecified atom stereocenters. The van der Waals surface area contributed by atoms with Gasteiger partial charge in [0.1, 0.15) is 5.65 Å². The van der Waals surface area contributed by atoms with Crippen molar-refractivity contribution >= 4 is 21.2 Å². The van der Waals surface area contributed by atoms with Gasteiger partial charge in [0.2, 0.25) is 0 Å².